The average Bonchev–Trinajstić information content (AvgIpc) is 3.33. The number of hydrogen-bond donors (Lipinski definition) is 0. The van der Waals surface area contributed by atoms with Crippen molar-refractivity contribution in [2.75, 3.05) is 6.61 Å². The predicted molar refractivity (Wildman–Crippen MR) is 132 cm³/mol. The first-order chi connectivity index (χ1) is 16.8. The molecule has 11 heteroatoms. The third-order valence-corrected chi connectivity index (χ3v) is 7.51. The lowest BCUT2D eigenvalue weighted by atomic mass is 10.2. The second kappa shape index (κ2) is 8.86. The number of rotatable bonds is 7. The van der Waals surface area contributed by atoms with Crippen LogP contribution in [0.15, 0.2) is 68.9 Å². The van der Waals surface area contributed by atoms with Gasteiger partial charge in [0.15, 0.2) is 5.58 Å². The van der Waals surface area contributed by atoms with Crippen molar-refractivity contribution in [2.45, 2.75) is 31.7 Å². The first kappa shape index (κ1) is 23.1. The van der Waals surface area contributed by atoms with E-state index in [0.717, 1.165) is 22.2 Å². The van der Waals surface area contributed by atoms with Crippen molar-refractivity contribution in [3.63, 3.8) is 0 Å². The summed E-state index contributed by atoms with van der Waals surface area (Å²) >= 11 is 5.83. The number of fused-ring (bicyclic) bond motifs is 2. The van der Waals surface area contributed by atoms with Gasteiger partial charge in [0.2, 0.25) is 0 Å². The van der Waals surface area contributed by atoms with Crippen LogP contribution in [-0.2, 0) is 16.6 Å². The van der Waals surface area contributed by atoms with Crippen LogP contribution in [0.3, 0.4) is 0 Å². The van der Waals surface area contributed by atoms with Crippen molar-refractivity contribution in [1.29, 1.82) is 0 Å². The molecule has 0 aliphatic heterocycles. The molecule has 0 aliphatic carbocycles. The summed E-state index contributed by atoms with van der Waals surface area (Å²) in [5.41, 5.74) is 1.68. The van der Waals surface area contributed by atoms with Crippen molar-refractivity contribution in [1.82, 2.24) is 18.7 Å². The molecule has 0 aliphatic rings. The molecular weight excluding hydrogens is 492 g/mol. The first-order valence-electron chi connectivity index (χ1n) is 10.9. The van der Waals surface area contributed by atoms with Crippen molar-refractivity contribution in [3.8, 4) is 5.75 Å². The highest BCUT2D eigenvalue weighted by atomic mass is 35.5. The van der Waals surface area contributed by atoms with Gasteiger partial charge in [-0.2, -0.15) is 3.97 Å². The predicted octanol–water partition coefficient (Wildman–Crippen LogP) is 4.38. The van der Waals surface area contributed by atoms with Crippen LogP contribution in [0.2, 0.25) is 5.15 Å². The maximum atomic E-state index is 13.6. The Hall–Kier alpha value is -3.63. The number of halogens is 1. The number of nitrogens with zero attached hydrogens (tertiary/aromatic N) is 4. The van der Waals surface area contributed by atoms with Crippen LogP contribution in [0, 0.1) is 6.92 Å². The van der Waals surface area contributed by atoms with Gasteiger partial charge in [-0.3, -0.25) is 4.57 Å². The number of hydrogen-bond acceptors (Lipinski definition) is 7. The van der Waals surface area contributed by atoms with Crippen LogP contribution >= 0.6 is 11.6 Å². The van der Waals surface area contributed by atoms with E-state index < -0.39 is 15.7 Å². The lowest BCUT2D eigenvalue weighted by Crippen LogP contribution is -2.30. The molecule has 0 saturated carbocycles. The van der Waals surface area contributed by atoms with Crippen molar-refractivity contribution in [3.05, 3.63) is 81.6 Å². The molecule has 0 N–H and O–H groups in total. The van der Waals surface area contributed by atoms with Crippen LogP contribution < -0.4 is 10.4 Å². The normalized spacial score (nSPS) is 12.0. The maximum absolute atomic E-state index is 13.6. The van der Waals surface area contributed by atoms with E-state index in [2.05, 4.69) is 10.1 Å². The second-order valence-electron chi connectivity index (χ2n) is 8.06. The van der Waals surface area contributed by atoms with E-state index in [1.54, 1.807) is 13.0 Å². The molecule has 9 nitrogen and oxygen atoms in total. The lowest BCUT2D eigenvalue weighted by molar-refractivity contribution is 0.317. The molecule has 0 amide bonds. The van der Waals surface area contributed by atoms with Gasteiger partial charge in [0.25, 0.3) is 10.0 Å². The Bertz CT molecular complexity index is 1720. The number of imidazole rings is 1. The first-order valence-corrected chi connectivity index (χ1v) is 12.7. The molecule has 0 fully saturated rings. The smallest absolute Gasteiger partial charge is 0.343 e. The van der Waals surface area contributed by atoms with E-state index >= 15 is 0 Å². The zero-order valence-corrected chi connectivity index (χ0v) is 20.5. The van der Waals surface area contributed by atoms with E-state index in [4.69, 9.17) is 20.9 Å². The van der Waals surface area contributed by atoms with Crippen LogP contribution in [-0.4, -0.2) is 33.7 Å². The molecule has 0 saturated heterocycles. The van der Waals surface area contributed by atoms with Crippen LogP contribution in [0.1, 0.15) is 24.6 Å². The molecule has 2 aromatic carbocycles. The van der Waals surface area contributed by atoms with Gasteiger partial charge in [-0.1, -0.05) is 35.8 Å². The molecule has 0 atom stereocenters. The van der Waals surface area contributed by atoms with Gasteiger partial charge in [0, 0.05) is 17.6 Å². The van der Waals surface area contributed by atoms with E-state index in [0.29, 0.717) is 34.5 Å². The number of benzene rings is 2. The van der Waals surface area contributed by atoms with Gasteiger partial charge in [0.1, 0.15) is 15.8 Å². The fraction of sp³-hybridized carbons (Fsp3) is 0.208. The van der Waals surface area contributed by atoms with E-state index in [-0.39, 0.29) is 22.1 Å². The highest BCUT2D eigenvalue weighted by Crippen LogP contribution is 2.28. The standard InChI is InChI=1S/C24H21ClN4O5S/c1-3-9-33-17-6-4-5-16(10-17)14-28-20-11-19-15(2)27-34-22(19)12-21(20)29(24(28)30)35(31,32)18-7-8-23(25)26-13-18/h4-8,10-13H,3,9,14H2,1-2H3. The van der Waals surface area contributed by atoms with Gasteiger partial charge >= 0.3 is 5.69 Å². The topological polar surface area (TPSA) is 109 Å². The summed E-state index contributed by atoms with van der Waals surface area (Å²) in [5.74, 6) is 0.679. The maximum Gasteiger partial charge on any atom is 0.343 e. The monoisotopic (exact) mass is 512 g/mol. The molecule has 0 unspecified atom stereocenters. The third-order valence-electron chi connectivity index (χ3n) is 5.61. The fourth-order valence-electron chi connectivity index (χ4n) is 3.92. The summed E-state index contributed by atoms with van der Waals surface area (Å²) in [6.07, 6.45) is 1.99. The molecule has 0 spiro atoms. The summed E-state index contributed by atoms with van der Waals surface area (Å²) in [6, 6.07) is 13.3. The summed E-state index contributed by atoms with van der Waals surface area (Å²) in [5, 5.41) is 4.80. The highest BCUT2D eigenvalue weighted by molar-refractivity contribution is 7.90. The molecule has 3 heterocycles. The van der Waals surface area contributed by atoms with Crippen LogP contribution in [0.5, 0.6) is 5.75 Å². The molecule has 180 valence electrons. The summed E-state index contributed by atoms with van der Waals surface area (Å²) < 4.78 is 40.4. The van der Waals surface area contributed by atoms with Crippen LogP contribution in [0.25, 0.3) is 22.0 Å². The molecule has 5 aromatic rings. The molecule has 35 heavy (non-hydrogen) atoms. The minimum Gasteiger partial charge on any atom is -0.494 e. The lowest BCUT2D eigenvalue weighted by Gasteiger charge is -2.08. The number of aromatic nitrogens is 4. The summed E-state index contributed by atoms with van der Waals surface area (Å²) in [6.45, 7) is 4.50. The third kappa shape index (κ3) is 4.08. The van der Waals surface area contributed by atoms with E-state index in [1.807, 2.05) is 31.2 Å². The molecule has 0 radical (unpaired) electrons. The van der Waals surface area contributed by atoms with Crippen molar-refractivity contribution < 1.29 is 17.7 Å². The molecule has 0 bridgehead atoms. The van der Waals surface area contributed by atoms with Gasteiger partial charge in [-0.25, -0.2) is 18.2 Å². The van der Waals surface area contributed by atoms with Gasteiger partial charge in [0.05, 0.1) is 29.9 Å². The van der Waals surface area contributed by atoms with Gasteiger partial charge in [-0.15, -0.1) is 0 Å². The Morgan fingerprint density at radius 3 is 2.69 bits per heavy atom. The number of pyridine rings is 1. The summed E-state index contributed by atoms with van der Waals surface area (Å²) in [7, 11) is -4.29. The Kier molecular flexibility index (Phi) is 5.86. The van der Waals surface area contributed by atoms with Crippen molar-refractivity contribution in [2.24, 2.45) is 0 Å². The molecule has 3 aromatic heterocycles. The Morgan fingerprint density at radius 1 is 1.11 bits per heavy atom. The minimum atomic E-state index is -4.29. The quantitative estimate of drug-likeness (QED) is 0.298. The Balaban J connectivity index is 1.73. The zero-order chi connectivity index (χ0) is 24.7. The average molecular weight is 513 g/mol. The fourth-order valence-corrected chi connectivity index (χ4v) is 5.38. The summed E-state index contributed by atoms with van der Waals surface area (Å²) in [4.78, 5) is 17.3. The van der Waals surface area contributed by atoms with Crippen molar-refractivity contribution >= 4 is 43.6 Å². The highest BCUT2D eigenvalue weighted by Gasteiger charge is 2.27. The minimum absolute atomic E-state index is 0.135. The van der Waals surface area contributed by atoms with E-state index in [1.165, 1.54) is 22.8 Å². The molecular formula is C24H21ClN4O5S. The zero-order valence-electron chi connectivity index (χ0n) is 18.9. The second-order valence-corrected chi connectivity index (χ2v) is 10.2. The Morgan fingerprint density at radius 2 is 1.94 bits per heavy atom. The van der Waals surface area contributed by atoms with Crippen LogP contribution in [0.4, 0.5) is 0 Å². The van der Waals surface area contributed by atoms with Gasteiger partial charge < -0.3 is 9.26 Å². The Labute approximate surface area is 205 Å². The number of ether oxygens (including phenoxy) is 1. The molecule has 5 rings (SSSR count). The van der Waals surface area contributed by atoms with E-state index in [9.17, 15) is 13.2 Å². The SMILES string of the molecule is CCCOc1cccc(Cn2c(=O)n(S(=O)(=O)c3ccc(Cl)nc3)c3cc4onc(C)c4cc32)c1. The van der Waals surface area contributed by atoms with Gasteiger partial charge in [-0.05, 0) is 49.2 Å². The largest absolute Gasteiger partial charge is 0.494 e. The number of aryl methyl sites for hydroxylation is 1.